The molecule has 2 aliphatic rings. The van der Waals surface area contributed by atoms with Crippen molar-refractivity contribution in [2.75, 3.05) is 11.5 Å². The first-order valence-electron chi connectivity index (χ1n) is 18.4. The molecule has 3 heterocycles. The molecule has 0 amide bonds. The zero-order chi connectivity index (χ0) is 37.2. The number of aryl methyl sites for hydroxylation is 2. The SMILES string of the molecule is CC.CC.CC1(C)CCCCC(C)(c2cccc(CCC(=O)O)c2)C2=CNC(N2)c2cc(ccc2F)Oc2c(F)cc3[nH]ccc3c2CCSC1. The molecule has 51 heavy (non-hydrogen) atoms. The largest absolute Gasteiger partial charge is 0.481 e. The fraction of sp³-hybridized carbons (Fsp3) is 0.452. The Morgan fingerprint density at radius 2 is 1.75 bits per heavy atom. The van der Waals surface area contributed by atoms with Crippen molar-refractivity contribution in [1.82, 2.24) is 15.6 Å². The maximum atomic E-state index is 15.6. The first-order valence-corrected chi connectivity index (χ1v) is 19.6. The summed E-state index contributed by atoms with van der Waals surface area (Å²) in [6.45, 7) is 14.8. The average molecular weight is 720 g/mol. The molecule has 3 aromatic carbocycles. The standard InChI is InChI=1S/C38H43F2N3O3S.2C2H6/c1-37(2)15-4-5-16-38(3,25-8-6-7-24(19-25)9-12-34(44)45)33-22-42-36(43-33)29-20-26(10-11-30(29)39)46-35-28(14-18-47-23-37)27-13-17-41-32(27)21-31(35)40;2*1-2/h6-8,10-11,13,17,19-22,36,41-43H,4-5,9,12,14-16,18,23H2,1-3H3,(H,44,45);2*1-2H3. The molecule has 4 N–H and O–H groups in total. The molecule has 4 bridgehead atoms. The van der Waals surface area contributed by atoms with E-state index in [2.05, 4.69) is 48.5 Å². The predicted octanol–water partition coefficient (Wildman–Crippen LogP) is 11.2. The predicted molar refractivity (Wildman–Crippen MR) is 208 cm³/mol. The summed E-state index contributed by atoms with van der Waals surface area (Å²) in [7, 11) is 0. The molecule has 0 aliphatic carbocycles. The topological polar surface area (TPSA) is 86.4 Å². The molecule has 0 saturated heterocycles. The number of H-pyrrole nitrogens is 1. The van der Waals surface area contributed by atoms with Crippen molar-refractivity contribution in [3.8, 4) is 11.5 Å². The highest BCUT2D eigenvalue weighted by Gasteiger charge is 2.36. The van der Waals surface area contributed by atoms with Crippen LogP contribution in [-0.2, 0) is 23.1 Å². The van der Waals surface area contributed by atoms with Gasteiger partial charge in [0.25, 0.3) is 0 Å². The molecule has 0 spiro atoms. The molecule has 0 fully saturated rings. The lowest BCUT2D eigenvalue weighted by Crippen LogP contribution is -2.33. The van der Waals surface area contributed by atoms with Crippen LogP contribution in [0.1, 0.15) is 109 Å². The monoisotopic (exact) mass is 719 g/mol. The van der Waals surface area contributed by atoms with Crippen LogP contribution in [0, 0.1) is 17.0 Å². The van der Waals surface area contributed by atoms with E-state index in [-0.39, 0.29) is 17.6 Å². The summed E-state index contributed by atoms with van der Waals surface area (Å²) in [5, 5.41) is 17.1. The molecule has 0 saturated carbocycles. The van der Waals surface area contributed by atoms with Crippen LogP contribution in [-0.4, -0.2) is 27.6 Å². The van der Waals surface area contributed by atoms with E-state index in [1.165, 1.54) is 12.1 Å². The van der Waals surface area contributed by atoms with Gasteiger partial charge in [-0.25, -0.2) is 8.78 Å². The third-order valence-corrected chi connectivity index (χ3v) is 11.1. The summed E-state index contributed by atoms with van der Waals surface area (Å²) in [5.74, 6) is 0.650. The Balaban J connectivity index is 0.00000141. The molecule has 2 aliphatic heterocycles. The van der Waals surface area contributed by atoms with Gasteiger partial charge in [0, 0.05) is 58.0 Å². The van der Waals surface area contributed by atoms with E-state index in [0.717, 1.165) is 70.5 Å². The van der Waals surface area contributed by atoms with Crippen LogP contribution in [0.25, 0.3) is 10.9 Å². The van der Waals surface area contributed by atoms with Crippen LogP contribution in [0.5, 0.6) is 11.5 Å². The van der Waals surface area contributed by atoms with Crippen LogP contribution in [0.15, 0.2) is 72.7 Å². The van der Waals surface area contributed by atoms with Crippen molar-refractivity contribution in [3.05, 3.63) is 107 Å². The second kappa shape index (κ2) is 18.0. The van der Waals surface area contributed by atoms with E-state index in [4.69, 9.17) is 4.74 Å². The van der Waals surface area contributed by atoms with Gasteiger partial charge in [-0.15, -0.1) is 0 Å². The highest BCUT2D eigenvalue weighted by molar-refractivity contribution is 7.99. The summed E-state index contributed by atoms with van der Waals surface area (Å²) in [5.41, 5.74) is 4.58. The zero-order valence-electron chi connectivity index (χ0n) is 31.2. The Labute approximate surface area is 306 Å². The number of fused-ring (bicyclic) bond motifs is 8. The van der Waals surface area contributed by atoms with Gasteiger partial charge < -0.3 is 25.5 Å². The second-order valence-corrected chi connectivity index (χ2v) is 14.9. The summed E-state index contributed by atoms with van der Waals surface area (Å²) < 4.78 is 37.3. The Morgan fingerprint density at radius 1 is 0.980 bits per heavy atom. The minimum absolute atomic E-state index is 0.0694. The Bertz CT molecular complexity index is 1800. The number of nitrogens with one attached hydrogen (secondary N) is 3. The number of aliphatic carboxylic acids is 1. The average Bonchev–Trinajstić information content (AvgIpc) is 3.82. The Morgan fingerprint density at radius 3 is 2.51 bits per heavy atom. The number of carboxylic acids is 1. The van der Waals surface area contributed by atoms with E-state index in [1.54, 1.807) is 12.1 Å². The number of hydrogen-bond acceptors (Lipinski definition) is 5. The molecule has 1 aromatic heterocycles. The number of ether oxygens (including phenoxy) is 1. The van der Waals surface area contributed by atoms with Crippen LogP contribution in [0.3, 0.4) is 0 Å². The van der Waals surface area contributed by atoms with Crippen LogP contribution in [0.4, 0.5) is 8.78 Å². The normalized spacial score (nSPS) is 20.2. The lowest BCUT2D eigenvalue weighted by Gasteiger charge is -2.34. The van der Waals surface area contributed by atoms with E-state index >= 15 is 8.78 Å². The van der Waals surface area contributed by atoms with Gasteiger partial charge in [-0.2, -0.15) is 11.8 Å². The first kappa shape index (κ1) is 39.8. The van der Waals surface area contributed by atoms with Gasteiger partial charge in [0.15, 0.2) is 11.6 Å². The molecule has 6 nitrogen and oxygen atoms in total. The first-order chi connectivity index (χ1) is 24.5. The van der Waals surface area contributed by atoms with E-state index in [0.29, 0.717) is 24.2 Å². The molecule has 276 valence electrons. The fourth-order valence-electron chi connectivity index (χ4n) is 6.83. The van der Waals surface area contributed by atoms with Crippen molar-refractivity contribution in [2.45, 2.75) is 105 Å². The summed E-state index contributed by atoms with van der Waals surface area (Å²) in [4.78, 5) is 14.4. The third kappa shape index (κ3) is 9.67. The summed E-state index contributed by atoms with van der Waals surface area (Å²) in [6, 6.07) is 16.1. The van der Waals surface area contributed by atoms with Gasteiger partial charge in [0.1, 0.15) is 17.7 Å². The smallest absolute Gasteiger partial charge is 0.303 e. The van der Waals surface area contributed by atoms with E-state index in [9.17, 15) is 9.90 Å². The van der Waals surface area contributed by atoms with Crippen molar-refractivity contribution in [3.63, 3.8) is 0 Å². The summed E-state index contributed by atoms with van der Waals surface area (Å²) >= 11 is 1.88. The maximum Gasteiger partial charge on any atom is 0.303 e. The Hall–Kier alpha value is -3.98. The highest BCUT2D eigenvalue weighted by Crippen LogP contribution is 2.42. The molecule has 2 unspecified atom stereocenters. The number of halogens is 2. The van der Waals surface area contributed by atoms with Gasteiger partial charge in [-0.05, 0) is 84.9 Å². The third-order valence-electron chi connectivity index (χ3n) is 9.61. The number of allylic oxidation sites excluding steroid dienone is 1. The number of hydrogen-bond donors (Lipinski definition) is 4. The van der Waals surface area contributed by atoms with E-state index < -0.39 is 29.2 Å². The molecular weight excluding hydrogens is 665 g/mol. The molecular formula is C42H55F2N3O3S. The molecule has 2 atom stereocenters. The van der Waals surface area contributed by atoms with Gasteiger partial charge >= 0.3 is 5.97 Å². The van der Waals surface area contributed by atoms with Gasteiger partial charge in [0.2, 0.25) is 0 Å². The number of carboxylic acid groups (broad SMARTS) is 1. The molecule has 9 heteroatoms. The van der Waals surface area contributed by atoms with Crippen LogP contribution < -0.4 is 15.4 Å². The maximum absolute atomic E-state index is 15.6. The number of thioether (sulfide) groups is 1. The number of benzene rings is 3. The number of aromatic nitrogens is 1. The fourth-order valence-corrected chi connectivity index (χ4v) is 8.02. The minimum Gasteiger partial charge on any atom is -0.481 e. The van der Waals surface area contributed by atoms with Crippen LogP contribution >= 0.6 is 11.8 Å². The minimum atomic E-state index is -0.821. The lowest BCUT2D eigenvalue weighted by atomic mass is 9.74. The highest BCUT2D eigenvalue weighted by atomic mass is 32.2. The van der Waals surface area contributed by atoms with Crippen LogP contribution in [0.2, 0.25) is 0 Å². The molecule has 4 aromatic rings. The second-order valence-electron chi connectivity index (χ2n) is 13.8. The molecule has 0 radical (unpaired) electrons. The number of carbonyl (C=O) groups is 1. The summed E-state index contributed by atoms with van der Waals surface area (Å²) in [6.07, 6.45) is 8.31. The molecule has 6 rings (SSSR count). The van der Waals surface area contributed by atoms with Crippen molar-refractivity contribution in [2.24, 2.45) is 5.41 Å². The van der Waals surface area contributed by atoms with Crippen molar-refractivity contribution < 1.29 is 23.4 Å². The van der Waals surface area contributed by atoms with Crippen molar-refractivity contribution >= 4 is 28.6 Å². The quantitative estimate of drug-likeness (QED) is 0.168. The zero-order valence-corrected chi connectivity index (χ0v) is 32.0. The van der Waals surface area contributed by atoms with Crippen molar-refractivity contribution in [1.29, 1.82) is 0 Å². The number of rotatable bonds is 4. The number of aromatic amines is 1. The van der Waals surface area contributed by atoms with E-state index in [1.807, 2.05) is 70.1 Å². The van der Waals surface area contributed by atoms with Gasteiger partial charge in [-0.1, -0.05) is 78.6 Å². The van der Waals surface area contributed by atoms with Gasteiger partial charge in [-0.3, -0.25) is 4.79 Å². The lowest BCUT2D eigenvalue weighted by molar-refractivity contribution is -0.136. The Kier molecular flexibility index (Phi) is 14.0. The van der Waals surface area contributed by atoms with Gasteiger partial charge in [0.05, 0.1) is 0 Å².